The Balaban J connectivity index is 1.85. The first-order valence-corrected chi connectivity index (χ1v) is 9.84. The van der Waals surface area contributed by atoms with Gasteiger partial charge in [0.1, 0.15) is 5.58 Å². The maximum absolute atomic E-state index is 12.7. The first-order chi connectivity index (χ1) is 12.6. The van der Waals surface area contributed by atoms with Crippen LogP contribution in [0.5, 0.6) is 0 Å². The van der Waals surface area contributed by atoms with Gasteiger partial charge in [0.05, 0.1) is 11.1 Å². The minimum Gasteiger partial charge on any atom is -0.409 e. The van der Waals surface area contributed by atoms with Crippen molar-refractivity contribution >= 4 is 26.9 Å². The molecule has 0 bridgehead atoms. The fourth-order valence-electron chi connectivity index (χ4n) is 3.07. The van der Waals surface area contributed by atoms with Crippen molar-refractivity contribution < 1.29 is 4.42 Å². The highest BCUT2D eigenvalue weighted by molar-refractivity contribution is 9.10. The third-order valence-electron chi connectivity index (χ3n) is 4.52. The molecule has 3 rings (SSSR count). The minimum absolute atomic E-state index is 0.295. The zero-order chi connectivity index (χ0) is 18.5. The Morgan fingerprint density at radius 1 is 0.962 bits per heavy atom. The summed E-state index contributed by atoms with van der Waals surface area (Å²) >= 11 is 3.35. The SMILES string of the molecule is CCCCCCCc1ccc(-n2c(=O)oc3ccc(Br)cc3c2=O)cc1. The number of halogens is 1. The Bertz CT molecular complexity index is 1000. The van der Waals surface area contributed by atoms with Gasteiger partial charge in [-0.05, 0) is 48.7 Å². The van der Waals surface area contributed by atoms with Crippen LogP contribution in [-0.2, 0) is 6.42 Å². The third kappa shape index (κ3) is 4.15. The van der Waals surface area contributed by atoms with Gasteiger partial charge in [-0.15, -0.1) is 0 Å². The molecule has 0 fully saturated rings. The summed E-state index contributed by atoms with van der Waals surface area (Å²) in [6.45, 7) is 2.21. The summed E-state index contributed by atoms with van der Waals surface area (Å²) in [7, 11) is 0. The average Bonchev–Trinajstić information content (AvgIpc) is 2.63. The number of unbranched alkanes of at least 4 members (excludes halogenated alkanes) is 4. The summed E-state index contributed by atoms with van der Waals surface area (Å²) in [4.78, 5) is 25.0. The van der Waals surface area contributed by atoms with E-state index in [1.54, 1.807) is 18.2 Å². The summed E-state index contributed by atoms with van der Waals surface area (Å²) in [5.74, 6) is -0.669. The smallest absolute Gasteiger partial charge is 0.409 e. The van der Waals surface area contributed by atoms with E-state index in [4.69, 9.17) is 4.42 Å². The van der Waals surface area contributed by atoms with Gasteiger partial charge in [-0.2, -0.15) is 0 Å². The molecule has 0 aliphatic heterocycles. The molecule has 0 amide bonds. The first kappa shape index (κ1) is 18.6. The van der Waals surface area contributed by atoms with Gasteiger partial charge >= 0.3 is 5.76 Å². The van der Waals surface area contributed by atoms with Crippen molar-refractivity contribution in [3.63, 3.8) is 0 Å². The summed E-state index contributed by atoms with van der Waals surface area (Å²) in [5.41, 5.74) is 1.67. The second-order valence-electron chi connectivity index (χ2n) is 6.48. The lowest BCUT2D eigenvalue weighted by Gasteiger charge is -2.07. The van der Waals surface area contributed by atoms with Crippen LogP contribution in [0.4, 0.5) is 0 Å². The summed E-state index contributed by atoms with van der Waals surface area (Å²) < 4.78 is 7.15. The van der Waals surface area contributed by atoms with Gasteiger partial charge < -0.3 is 4.42 Å². The highest BCUT2D eigenvalue weighted by Crippen LogP contribution is 2.17. The maximum atomic E-state index is 12.7. The molecule has 26 heavy (non-hydrogen) atoms. The van der Waals surface area contributed by atoms with Crippen LogP contribution in [0.15, 0.2) is 60.9 Å². The topological polar surface area (TPSA) is 52.2 Å². The van der Waals surface area contributed by atoms with Crippen molar-refractivity contribution in [3.05, 3.63) is 73.4 Å². The molecular weight excluding hydrogens is 394 g/mol. The average molecular weight is 416 g/mol. The molecule has 4 nitrogen and oxygen atoms in total. The molecule has 3 aromatic rings. The fourth-order valence-corrected chi connectivity index (χ4v) is 3.43. The standard InChI is InChI=1S/C21H22BrNO3/c1-2-3-4-5-6-7-15-8-11-17(12-9-15)23-20(24)18-14-16(22)10-13-19(18)26-21(23)25/h8-14H,2-7H2,1H3. The number of hydrogen-bond acceptors (Lipinski definition) is 3. The highest BCUT2D eigenvalue weighted by atomic mass is 79.9. The minimum atomic E-state index is -0.669. The molecule has 0 saturated carbocycles. The van der Waals surface area contributed by atoms with Gasteiger partial charge in [0.25, 0.3) is 5.56 Å². The molecule has 2 aromatic carbocycles. The van der Waals surface area contributed by atoms with Gasteiger partial charge in [0, 0.05) is 4.47 Å². The number of rotatable bonds is 7. The van der Waals surface area contributed by atoms with E-state index in [0.29, 0.717) is 16.7 Å². The second kappa shape index (κ2) is 8.49. The van der Waals surface area contributed by atoms with Crippen molar-refractivity contribution in [2.45, 2.75) is 45.4 Å². The molecule has 136 valence electrons. The largest absolute Gasteiger partial charge is 0.426 e. The Hall–Kier alpha value is -2.14. The molecule has 0 aliphatic rings. The molecule has 0 atom stereocenters. The Morgan fingerprint density at radius 2 is 1.69 bits per heavy atom. The number of aryl methyl sites for hydroxylation is 1. The lowest BCUT2D eigenvalue weighted by atomic mass is 10.1. The van der Waals surface area contributed by atoms with Crippen LogP contribution in [0.3, 0.4) is 0 Å². The van der Waals surface area contributed by atoms with Gasteiger partial charge in [0.15, 0.2) is 0 Å². The van der Waals surface area contributed by atoms with Crippen LogP contribution in [0, 0.1) is 0 Å². The molecule has 0 N–H and O–H groups in total. The number of benzene rings is 2. The molecule has 0 saturated heterocycles. The molecule has 1 heterocycles. The van der Waals surface area contributed by atoms with Gasteiger partial charge in [0.2, 0.25) is 0 Å². The van der Waals surface area contributed by atoms with Crippen molar-refractivity contribution in [1.29, 1.82) is 0 Å². The van der Waals surface area contributed by atoms with E-state index in [-0.39, 0.29) is 5.56 Å². The van der Waals surface area contributed by atoms with E-state index in [2.05, 4.69) is 22.9 Å². The van der Waals surface area contributed by atoms with E-state index < -0.39 is 5.76 Å². The first-order valence-electron chi connectivity index (χ1n) is 9.05. The predicted molar refractivity (Wildman–Crippen MR) is 108 cm³/mol. The van der Waals surface area contributed by atoms with Crippen molar-refractivity contribution in [1.82, 2.24) is 4.57 Å². The lowest BCUT2D eigenvalue weighted by molar-refractivity contribution is 0.504. The Morgan fingerprint density at radius 3 is 2.42 bits per heavy atom. The van der Waals surface area contributed by atoms with E-state index in [0.717, 1.165) is 21.9 Å². The molecular formula is C21H22BrNO3. The molecule has 0 unspecified atom stereocenters. The van der Waals surface area contributed by atoms with Crippen molar-refractivity contribution in [3.8, 4) is 5.69 Å². The Labute approximate surface area is 160 Å². The summed E-state index contributed by atoms with van der Waals surface area (Å²) in [6, 6.07) is 12.6. The highest BCUT2D eigenvalue weighted by Gasteiger charge is 2.12. The monoisotopic (exact) mass is 415 g/mol. The van der Waals surface area contributed by atoms with Gasteiger partial charge in [-0.3, -0.25) is 4.79 Å². The molecule has 0 aliphatic carbocycles. The number of hydrogen-bond donors (Lipinski definition) is 0. The number of aromatic nitrogens is 1. The van der Waals surface area contributed by atoms with E-state index in [1.807, 2.05) is 24.3 Å². The molecule has 0 spiro atoms. The molecule has 0 radical (unpaired) electrons. The van der Waals surface area contributed by atoms with Crippen LogP contribution < -0.4 is 11.3 Å². The van der Waals surface area contributed by atoms with Crippen LogP contribution in [0.2, 0.25) is 0 Å². The predicted octanol–water partition coefficient (Wildman–Crippen LogP) is 5.22. The normalized spacial score (nSPS) is 11.2. The number of fused-ring (bicyclic) bond motifs is 1. The van der Waals surface area contributed by atoms with Gasteiger partial charge in [-0.1, -0.05) is 60.7 Å². The van der Waals surface area contributed by atoms with Crippen molar-refractivity contribution in [2.75, 3.05) is 0 Å². The van der Waals surface area contributed by atoms with Crippen molar-refractivity contribution in [2.24, 2.45) is 0 Å². The third-order valence-corrected chi connectivity index (χ3v) is 5.01. The fraction of sp³-hybridized carbons (Fsp3) is 0.333. The quantitative estimate of drug-likeness (QED) is 0.497. The Kier molecular flexibility index (Phi) is 6.09. The molecule has 5 heteroatoms. The van der Waals surface area contributed by atoms with Gasteiger partial charge in [-0.25, -0.2) is 9.36 Å². The summed E-state index contributed by atoms with van der Waals surface area (Å²) in [5, 5.41) is 0.374. The van der Waals surface area contributed by atoms with Crippen LogP contribution in [-0.4, -0.2) is 4.57 Å². The number of nitrogens with zero attached hydrogens (tertiary/aromatic N) is 1. The van der Waals surface area contributed by atoms with E-state index >= 15 is 0 Å². The zero-order valence-electron chi connectivity index (χ0n) is 14.8. The zero-order valence-corrected chi connectivity index (χ0v) is 16.4. The van der Waals surface area contributed by atoms with Crippen LogP contribution >= 0.6 is 15.9 Å². The van der Waals surface area contributed by atoms with E-state index in [9.17, 15) is 9.59 Å². The second-order valence-corrected chi connectivity index (χ2v) is 7.40. The van der Waals surface area contributed by atoms with Crippen LogP contribution in [0.25, 0.3) is 16.7 Å². The maximum Gasteiger partial charge on any atom is 0.426 e. The summed E-state index contributed by atoms with van der Waals surface area (Å²) in [6.07, 6.45) is 7.21. The molecule has 1 aromatic heterocycles. The lowest BCUT2D eigenvalue weighted by Crippen LogP contribution is -2.30. The van der Waals surface area contributed by atoms with Crippen LogP contribution in [0.1, 0.15) is 44.6 Å². The van der Waals surface area contributed by atoms with E-state index in [1.165, 1.54) is 31.2 Å².